The first-order chi connectivity index (χ1) is 9.89. The molecule has 1 fully saturated rings. The smallest absolute Gasteiger partial charge is 0.0443 e. The van der Waals surface area contributed by atoms with Crippen LogP contribution in [0.5, 0.6) is 0 Å². The second-order valence-corrected chi connectivity index (χ2v) is 7.49. The Labute approximate surface area is 130 Å². The zero-order valence-electron chi connectivity index (χ0n) is 14.4. The Morgan fingerprint density at radius 1 is 1.29 bits per heavy atom. The molecule has 2 heterocycles. The van der Waals surface area contributed by atoms with Crippen molar-refractivity contribution in [1.82, 2.24) is 10.3 Å². The van der Waals surface area contributed by atoms with E-state index in [9.17, 15) is 0 Å². The lowest BCUT2D eigenvalue weighted by atomic mass is 9.82. The second-order valence-electron chi connectivity index (χ2n) is 7.49. The van der Waals surface area contributed by atoms with Crippen molar-refractivity contribution in [3.63, 3.8) is 0 Å². The summed E-state index contributed by atoms with van der Waals surface area (Å²) in [6.07, 6.45) is 7.82. The van der Waals surface area contributed by atoms with Crippen LogP contribution in [0.4, 0.5) is 5.69 Å². The summed E-state index contributed by atoms with van der Waals surface area (Å²) in [7, 11) is 0. The Kier molecular flexibility index (Phi) is 4.92. The van der Waals surface area contributed by atoms with E-state index >= 15 is 0 Å². The summed E-state index contributed by atoms with van der Waals surface area (Å²) < 4.78 is 0. The van der Waals surface area contributed by atoms with Gasteiger partial charge in [-0.2, -0.15) is 0 Å². The summed E-state index contributed by atoms with van der Waals surface area (Å²) in [5.74, 6) is 0. The molecule has 0 saturated carbocycles. The van der Waals surface area contributed by atoms with Gasteiger partial charge in [-0.15, -0.1) is 0 Å². The average molecular weight is 289 g/mol. The summed E-state index contributed by atoms with van der Waals surface area (Å²) in [4.78, 5) is 6.89. The number of pyridine rings is 1. The predicted molar refractivity (Wildman–Crippen MR) is 90.7 cm³/mol. The Hall–Kier alpha value is -1.09. The van der Waals surface area contributed by atoms with Crippen LogP contribution in [0.1, 0.15) is 59.4 Å². The zero-order chi connectivity index (χ0) is 15.5. The minimum Gasteiger partial charge on any atom is -0.371 e. The summed E-state index contributed by atoms with van der Waals surface area (Å²) in [5.41, 5.74) is 3.33. The minimum absolute atomic E-state index is 0.134. The SMILES string of the molecule is CCC1(CC)CCN(c2ccncc2CNC(C)(C)C)C1. The second kappa shape index (κ2) is 6.35. The third kappa shape index (κ3) is 3.97. The lowest BCUT2D eigenvalue weighted by Gasteiger charge is -2.29. The predicted octanol–water partition coefficient (Wildman–Crippen LogP) is 3.99. The highest BCUT2D eigenvalue weighted by Crippen LogP contribution is 2.39. The van der Waals surface area contributed by atoms with Gasteiger partial charge < -0.3 is 10.2 Å². The highest BCUT2D eigenvalue weighted by Gasteiger charge is 2.35. The van der Waals surface area contributed by atoms with Crippen molar-refractivity contribution in [2.75, 3.05) is 18.0 Å². The van der Waals surface area contributed by atoms with Crippen molar-refractivity contribution >= 4 is 5.69 Å². The van der Waals surface area contributed by atoms with Gasteiger partial charge >= 0.3 is 0 Å². The first kappa shape index (κ1) is 16.3. The molecule has 0 aliphatic carbocycles. The molecule has 0 spiro atoms. The van der Waals surface area contributed by atoms with Crippen molar-refractivity contribution < 1.29 is 0 Å². The van der Waals surface area contributed by atoms with E-state index in [1.165, 1.54) is 43.6 Å². The summed E-state index contributed by atoms with van der Waals surface area (Å²) in [5, 5.41) is 3.58. The normalized spacial score (nSPS) is 18.2. The molecule has 1 saturated heterocycles. The molecule has 118 valence electrons. The highest BCUT2D eigenvalue weighted by atomic mass is 15.2. The summed E-state index contributed by atoms with van der Waals surface area (Å²) in [6, 6.07) is 2.18. The van der Waals surface area contributed by atoms with Crippen LogP contribution in [-0.2, 0) is 6.54 Å². The van der Waals surface area contributed by atoms with Crippen LogP contribution in [0.3, 0.4) is 0 Å². The molecule has 2 rings (SSSR count). The molecular weight excluding hydrogens is 258 g/mol. The molecule has 21 heavy (non-hydrogen) atoms. The van der Waals surface area contributed by atoms with Crippen LogP contribution in [-0.4, -0.2) is 23.6 Å². The van der Waals surface area contributed by atoms with Crippen LogP contribution >= 0.6 is 0 Å². The Morgan fingerprint density at radius 3 is 2.57 bits per heavy atom. The van der Waals surface area contributed by atoms with E-state index in [1.807, 2.05) is 12.4 Å². The molecule has 1 N–H and O–H groups in total. The quantitative estimate of drug-likeness (QED) is 0.888. The van der Waals surface area contributed by atoms with E-state index in [1.54, 1.807) is 0 Å². The van der Waals surface area contributed by atoms with Crippen molar-refractivity contribution in [1.29, 1.82) is 0 Å². The van der Waals surface area contributed by atoms with Crippen LogP contribution in [0.2, 0.25) is 0 Å². The molecule has 1 aromatic heterocycles. The number of rotatable bonds is 5. The third-order valence-electron chi connectivity index (χ3n) is 4.97. The van der Waals surface area contributed by atoms with Crippen LogP contribution in [0, 0.1) is 5.41 Å². The molecule has 0 atom stereocenters. The molecule has 0 amide bonds. The van der Waals surface area contributed by atoms with Crippen LogP contribution in [0.15, 0.2) is 18.5 Å². The first-order valence-electron chi connectivity index (χ1n) is 8.32. The lowest BCUT2D eigenvalue weighted by Crippen LogP contribution is -2.36. The van der Waals surface area contributed by atoms with Crippen molar-refractivity contribution in [2.24, 2.45) is 5.41 Å². The van der Waals surface area contributed by atoms with E-state index in [0.717, 1.165) is 6.54 Å². The van der Waals surface area contributed by atoms with Crippen molar-refractivity contribution in [3.8, 4) is 0 Å². The molecule has 0 unspecified atom stereocenters. The largest absolute Gasteiger partial charge is 0.371 e. The number of anilines is 1. The summed E-state index contributed by atoms with van der Waals surface area (Å²) in [6.45, 7) is 14.5. The van der Waals surface area contributed by atoms with Gasteiger partial charge in [-0.05, 0) is 51.5 Å². The fourth-order valence-corrected chi connectivity index (χ4v) is 3.19. The first-order valence-corrected chi connectivity index (χ1v) is 8.32. The third-order valence-corrected chi connectivity index (χ3v) is 4.97. The Balaban J connectivity index is 2.14. The van der Waals surface area contributed by atoms with Crippen molar-refractivity contribution in [3.05, 3.63) is 24.0 Å². The van der Waals surface area contributed by atoms with Crippen LogP contribution in [0.25, 0.3) is 0 Å². The lowest BCUT2D eigenvalue weighted by molar-refractivity contribution is 0.301. The zero-order valence-corrected chi connectivity index (χ0v) is 14.4. The maximum atomic E-state index is 4.33. The van der Waals surface area contributed by atoms with E-state index in [0.29, 0.717) is 5.41 Å². The fourth-order valence-electron chi connectivity index (χ4n) is 3.19. The Bertz CT molecular complexity index is 458. The van der Waals surface area contributed by atoms with Gasteiger partial charge in [-0.3, -0.25) is 4.98 Å². The molecule has 1 aliphatic heterocycles. The van der Waals surface area contributed by atoms with Crippen molar-refractivity contribution in [2.45, 2.75) is 66.0 Å². The average Bonchev–Trinajstić information content (AvgIpc) is 2.90. The minimum atomic E-state index is 0.134. The number of hydrogen-bond donors (Lipinski definition) is 1. The maximum Gasteiger partial charge on any atom is 0.0443 e. The fraction of sp³-hybridized carbons (Fsp3) is 0.722. The molecule has 1 aromatic rings. The topological polar surface area (TPSA) is 28.2 Å². The summed E-state index contributed by atoms with van der Waals surface area (Å²) >= 11 is 0. The number of nitrogens with zero attached hydrogens (tertiary/aromatic N) is 2. The standard InChI is InChI=1S/C18H31N3/c1-6-18(7-2)9-11-21(14-18)16-8-10-19-12-15(16)13-20-17(3,4)5/h8,10,12,20H,6-7,9,11,13-14H2,1-5H3. The monoisotopic (exact) mass is 289 g/mol. The molecule has 0 radical (unpaired) electrons. The number of nitrogens with one attached hydrogen (secondary N) is 1. The maximum absolute atomic E-state index is 4.33. The van der Waals surface area contributed by atoms with Gasteiger partial charge in [0, 0.05) is 48.8 Å². The van der Waals surface area contributed by atoms with E-state index < -0.39 is 0 Å². The Morgan fingerprint density at radius 2 is 2.00 bits per heavy atom. The highest BCUT2D eigenvalue weighted by molar-refractivity contribution is 5.53. The van der Waals surface area contributed by atoms with E-state index in [-0.39, 0.29) is 5.54 Å². The van der Waals surface area contributed by atoms with Gasteiger partial charge in [0.15, 0.2) is 0 Å². The molecule has 3 nitrogen and oxygen atoms in total. The van der Waals surface area contributed by atoms with Gasteiger partial charge in [-0.25, -0.2) is 0 Å². The van der Waals surface area contributed by atoms with Gasteiger partial charge in [0.05, 0.1) is 0 Å². The number of aromatic nitrogens is 1. The van der Waals surface area contributed by atoms with Gasteiger partial charge in [-0.1, -0.05) is 13.8 Å². The molecule has 0 bridgehead atoms. The molecule has 0 aromatic carbocycles. The van der Waals surface area contributed by atoms with Gasteiger partial charge in [0.25, 0.3) is 0 Å². The molecular formula is C18H31N3. The van der Waals surface area contributed by atoms with E-state index in [2.05, 4.69) is 55.9 Å². The number of hydrogen-bond acceptors (Lipinski definition) is 3. The van der Waals surface area contributed by atoms with E-state index in [4.69, 9.17) is 0 Å². The molecule has 3 heteroatoms. The van der Waals surface area contributed by atoms with Gasteiger partial charge in [0.1, 0.15) is 0 Å². The van der Waals surface area contributed by atoms with Crippen LogP contribution < -0.4 is 10.2 Å². The molecule has 1 aliphatic rings. The van der Waals surface area contributed by atoms with Gasteiger partial charge in [0.2, 0.25) is 0 Å².